The van der Waals surface area contributed by atoms with Crippen molar-refractivity contribution in [3.8, 4) is 0 Å². The number of aromatic nitrogens is 3. The summed E-state index contributed by atoms with van der Waals surface area (Å²) in [4.78, 5) is 13.5. The van der Waals surface area contributed by atoms with Gasteiger partial charge in [0.1, 0.15) is 11.3 Å². The van der Waals surface area contributed by atoms with E-state index < -0.39 is 0 Å². The molecule has 6 nitrogen and oxygen atoms in total. The molecule has 2 aromatic heterocycles. The summed E-state index contributed by atoms with van der Waals surface area (Å²) in [5, 5.41) is 12.2. The molecule has 2 heterocycles. The number of pyridine rings is 1. The lowest BCUT2D eigenvalue weighted by Crippen LogP contribution is -2.28. The lowest BCUT2D eigenvalue weighted by molar-refractivity contribution is 0.978. The van der Waals surface area contributed by atoms with E-state index in [1.54, 1.807) is 6.20 Å². The summed E-state index contributed by atoms with van der Waals surface area (Å²) in [6, 6.07) is 18.2. The maximum absolute atomic E-state index is 5.19. The summed E-state index contributed by atoms with van der Waals surface area (Å²) in [7, 11) is 0. The Morgan fingerprint density at radius 1 is 0.963 bits per heavy atom. The Labute approximate surface area is 162 Å². The van der Waals surface area contributed by atoms with Gasteiger partial charge in [0, 0.05) is 12.2 Å². The average Bonchev–Trinajstić information content (AvgIpc) is 2.68. The van der Waals surface area contributed by atoms with E-state index in [-0.39, 0.29) is 0 Å². The van der Waals surface area contributed by atoms with Gasteiger partial charge in [0.25, 0.3) is 0 Å². The van der Waals surface area contributed by atoms with Crippen LogP contribution in [0.3, 0.4) is 0 Å². The molecule has 0 spiro atoms. The number of hydrogen-bond donors (Lipinski definition) is 3. The number of benzene rings is 2. The van der Waals surface area contributed by atoms with Crippen molar-refractivity contribution in [3.63, 3.8) is 0 Å². The van der Waals surface area contributed by atoms with E-state index in [1.165, 1.54) is 10.8 Å². The Hall–Kier alpha value is -3.32. The minimum Gasteiger partial charge on any atom is -0.363 e. The van der Waals surface area contributed by atoms with E-state index in [9.17, 15) is 0 Å². The molecule has 0 aliphatic rings. The molecule has 4 rings (SSSR count). The highest BCUT2D eigenvalue weighted by atomic mass is 32.1. The quantitative estimate of drug-likeness (QED) is 0.462. The molecule has 0 unspecified atom stereocenters. The normalized spacial score (nSPS) is 10.7. The van der Waals surface area contributed by atoms with Gasteiger partial charge in [0.15, 0.2) is 16.6 Å². The molecule has 0 aliphatic heterocycles. The molecule has 0 saturated heterocycles. The van der Waals surface area contributed by atoms with E-state index in [0.29, 0.717) is 22.4 Å². The smallest absolute Gasteiger partial charge is 0.182 e. The minimum absolute atomic E-state index is 0.511. The lowest BCUT2D eigenvalue weighted by atomic mass is 10.1. The summed E-state index contributed by atoms with van der Waals surface area (Å²) in [5.41, 5.74) is 2.24. The molecule has 0 radical (unpaired) electrons. The fourth-order valence-corrected chi connectivity index (χ4v) is 3.01. The Balaban J connectivity index is 1.60. The van der Waals surface area contributed by atoms with Crippen molar-refractivity contribution < 1.29 is 0 Å². The summed E-state index contributed by atoms with van der Waals surface area (Å²) >= 11 is 5.19. The number of anilines is 3. The van der Waals surface area contributed by atoms with Crippen molar-refractivity contribution in [1.29, 1.82) is 0 Å². The molecule has 3 N–H and O–H groups in total. The second kappa shape index (κ2) is 7.51. The van der Waals surface area contributed by atoms with Gasteiger partial charge >= 0.3 is 0 Å². The van der Waals surface area contributed by atoms with Gasteiger partial charge in [-0.2, -0.15) is 0 Å². The maximum Gasteiger partial charge on any atom is 0.182 e. The van der Waals surface area contributed by atoms with Crippen LogP contribution < -0.4 is 16.0 Å². The molecule has 0 saturated carbocycles. The first-order valence-electron chi connectivity index (χ1n) is 8.66. The van der Waals surface area contributed by atoms with Crippen molar-refractivity contribution in [2.45, 2.75) is 6.92 Å². The second-order valence-corrected chi connectivity index (χ2v) is 6.37. The van der Waals surface area contributed by atoms with Gasteiger partial charge in [-0.15, -0.1) is 0 Å². The van der Waals surface area contributed by atoms with Gasteiger partial charge in [-0.05, 0) is 54.2 Å². The Kier molecular flexibility index (Phi) is 4.76. The zero-order valence-corrected chi connectivity index (χ0v) is 15.5. The predicted octanol–water partition coefficient (Wildman–Crippen LogP) is 4.23. The fraction of sp³-hybridized carbons (Fsp3) is 0.100. The largest absolute Gasteiger partial charge is 0.363 e. The molecule has 0 aliphatic carbocycles. The van der Waals surface area contributed by atoms with Gasteiger partial charge in [0.2, 0.25) is 0 Å². The number of rotatable bonds is 4. The van der Waals surface area contributed by atoms with E-state index in [4.69, 9.17) is 12.2 Å². The first-order chi connectivity index (χ1) is 13.2. The topological polar surface area (TPSA) is 74.8 Å². The Bertz CT molecular complexity index is 1130. The standard InChI is InChI=1S/C20H18N6S/c1-2-21-20(27)26-18-12-22-16-9-10-17(24-19(16)25-18)23-15-8-7-13-5-3-4-6-14(13)11-15/h3-12H,2H2,1H3,(H3,21,23,24,25,26,27). The molecule has 7 heteroatoms. The molecule has 2 aromatic carbocycles. The molecule has 134 valence electrons. The van der Waals surface area contributed by atoms with Crippen LogP contribution in [0.15, 0.2) is 60.8 Å². The third-order valence-corrected chi connectivity index (χ3v) is 4.25. The van der Waals surface area contributed by atoms with Gasteiger partial charge in [-0.1, -0.05) is 30.3 Å². The third kappa shape index (κ3) is 3.93. The van der Waals surface area contributed by atoms with Gasteiger partial charge in [-0.3, -0.25) is 0 Å². The summed E-state index contributed by atoms with van der Waals surface area (Å²) < 4.78 is 0. The summed E-state index contributed by atoms with van der Waals surface area (Å²) in [6.45, 7) is 2.72. The van der Waals surface area contributed by atoms with Crippen molar-refractivity contribution in [2.75, 3.05) is 17.2 Å². The Morgan fingerprint density at radius 2 is 1.78 bits per heavy atom. The Morgan fingerprint density at radius 3 is 2.63 bits per heavy atom. The van der Waals surface area contributed by atoms with Crippen molar-refractivity contribution in [2.24, 2.45) is 0 Å². The van der Waals surface area contributed by atoms with Crippen molar-refractivity contribution in [3.05, 3.63) is 60.8 Å². The molecule has 0 fully saturated rings. The third-order valence-electron chi connectivity index (χ3n) is 4.01. The SMILES string of the molecule is CCNC(=S)Nc1cnc2ccc(Nc3ccc4ccccc4c3)nc2n1. The molecule has 27 heavy (non-hydrogen) atoms. The van der Waals surface area contributed by atoms with Crippen LogP contribution in [0, 0.1) is 0 Å². The molecule has 0 bridgehead atoms. The van der Waals surface area contributed by atoms with E-state index >= 15 is 0 Å². The van der Waals surface area contributed by atoms with Gasteiger partial charge in [0.05, 0.1) is 6.20 Å². The van der Waals surface area contributed by atoms with Crippen LogP contribution in [-0.4, -0.2) is 26.6 Å². The number of nitrogens with zero attached hydrogens (tertiary/aromatic N) is 3. The highest BCUT2D eigenvalue weighted by molar-refractivity contribution is 7.80. The van der Waals surface area contributed by atoms with E-state index in [2.05, 4.69) is 55.2 Å². The number of thiocarbonyl (C=S) groups is 1. The van der Waals surface area contributed by atoms with Crippen LogP contribution in [0.4, 0.5) is 17.3 Å². The zero-order valence-electron chi connectivity index (χ0n) is 14.7. The number of hydrogen-bond acceptors (Lipinski definition) is 5. The molecule has 0 amide bonds. The average molecular weight is 374 g/mol. The van der Waals surface area contributed by atoms with Crippen LogP contribution >= 0.6 is 12.2 Å². The molecular weight excluding hydrogens is 356 g/mol. The molecular formula is C20H18N6S. The first kappa shape index (κ1) is 17.1. The van der Waals surface area contributed by atoms with E-state index in [0.717, 1.165) is 17.7 Å². The van der Waals surface area contributed by atoms with Crippen molar-refractivity contribution >= 4 is 56.6 Å². The predicted molar refractivity (Wildman–Crippen MR) is 114 cm³/mol. The minimum atomic E-state index is 0.511. The zero-order chi connectivity index (χ0) is 18.6. The van der Waals surface area contributed by atoms with Crippen LogP contribution in [0.1, 0.15) is 6.92 Å². The lowest BCUT2D eigenvalue weighted by Gasteiger charge is -2.09. The number of nitrogens with one attached hydrogen (secondary N) is 3. The number of fused-ring (bicyclic) bond motifs is 2. The van der Waals surface area contributed by atoms with Crippen LogP contribution in [0.25, 0.3) is 21.9 Å². The van der Waals surface area contributed by atoms with Crippen molar-refractivity contribution in [1.82, 2.24) is 20.3 Å². The highest BCUT2D eigenvalue weighted by Gasteiger charge is 2.05. The van der Waals surface area contributed by atoms with Crippen LogP contribution in [-0.2, 0) is 0 Å². The van der Waals surface area contributed by atoms with Crippen LogP contribution in [0.2, 0.25) is 0 Å². The molecule has 0 atom stereocenters. The van der Waals surface area contributed by atoms with Gasteiger partial charge < -0.3 is 16.0 Å². The second-order valence-electron chi connectivity index (χ2n) is 5.97. The van der Waals surface area contributed by atoms with E-state index in [1.807, 2.05) is 37.3 Å². The summed E-state index contributed by atoms with van der Waals surface area (Å²) in [5.74, 6) is 1.27. The summed E-state index contributed by atoms with van der Waals surface area (Å²) in [6.07, 6.45) is 1.64. The highest BCUT2D eigenvalue weighted by Crippen LogP contribution is 2.22. The monoisotopic (exact) mass is 374 g/mol. The molecule has 4 aromatic rings. The van der Waals surface area contributed by atoms with Crippen LogP contribution in [0.5, 0.6) is 0 Å². The maximum atomic E-state index is 5.19. The fourth-order valence-electron chi connectivity index (χ4n) is 2.76. The first-order valence-corrected chi connectivity index (χ1v) is 9.06. The van der Waals surface area contributed by atoms with Gasteiger partial charge in [-0.25, -0.2) is 15.0 Å².